The van der Waals surface area contributed by atoms with E-state index in [1.54, 1.807) is 31.4 Å². The Morgan fingerprint density at radius 1 is 1.13 bits per heavy atom. The van der Waals surface area contributed by atoms with Crippen LogP contribution < -0.4 is 9.46 Å². The van der Waals surface area contributed by atoms with Gasteiger partial charge >= 0.3 is 0 Å². The van der Waals surface area contributed by atoms with E-state index in [9.17, 15) is 8.42 Å². The summed E-state index contributed by atoms with van der Waals surface area (Å²) < 4.78 is 41.1. The number of rotatable bonds is 8. The molecular formula is C21H24N4O4S. The van der Waals surface area contributed by atoms with Gasteiger partial charge in [0, 0.05) is 31.3 Å². The van der Waals surface area contributed by atoms with Crippen LogP contribution in [0, 0.1) is 6.92 Å². The van der Waals surface area contributed by atoms with Gasteiger partial charge in [-0.1, -0.05) is 12.1 Å². The van der Waals surface area contributed by atoms with Crippen molar-refractivity contribution in [2.45, 2.75) is 31.2 Å². The molecule has 1 aromatic heterocycles. The average Bonchev–Trinajstić information content (AvgIpc) is 3.33. The van der Waals surface area contributed by atoms with E-state index in [1.807, 2.05) is 19.1 Å². The van der Waals surface area contributed by atoms with E-state index >= 15 is 0 Å². The summed E-state index contributed by atoms with van der Waals surface area (Å²) in [5, 5.41) is 8.49. The molecule has 1 N–H and O–H groups in total. The second-order valence-corrected chi connectivity index (χ2v) is 8.83. The summed E-state index contributed by atoms with van der Waals surface area (Å²) in [6.07, 6.45) is 1.97. The molecule has 0 aliphatic carbocycles. The molecule has 1 aliphatic rings. The maximum atomic E-state index is 12.9. The number of methoxy groups -OCH3 is 1. The molecule has 0 spiro atoms. The van der Waals surface area contributed by atoms with Crippen molar-refractivity contribution in [1.29, 1.82) is 0 Å². The molecule has 0 saturated carbocycles. The third-order valence-electron chi connectivity index (χ3n) is 4.98. The molecule has 2 aromatic carbocycles. The van der Waals surface area contributed by atoms with Crippen LogP contribution in [0.5, 0.6) is 5.75 Å². The Morgan fingerprint density at radius 2 is 2.00 bits per heavy atom. The molecule has 4 rings (SSSR count). The van der Waals surface area contributed by atoms with Crippen molar-refractivity contribution in [2.24, 2.45) is 0 Å². The van der Waals surface area contributed by atoms with Crippen molar-refractivity contribution >= 4 is 15.7 Å². The molecule has 1 aliphatic heterocycles. The Bertz CT molecular complexity index is 1160. The summed E-state index contributed by atoms with van der Waals surface area (Å²) in [7, 11) is -2.15. The van der Waals surface area contributed by atoms with Gasteiger partial charge in [0.15, 0.2) is 5.82 Å². The van der Waals surface area contributed by atoms with Gasteiger partial charge in [0.1, 0.15) is 18.2 Å². The smallest absolute Gasteiger partial charge is 0.261 e. The van der Waals surface area contributed by atoms with Crippen molar-refractivity contribution < 1.29 is 17.9 Å². The minimum absolute atomic E-state index is 0.174. The summed E-state index contributed by atoms with van der Waals surface area (Å²) >= 11 is 0. The highest BCUT2D eigenvalue weighted by molar-refractivity contribution is 7.92. The number of hydrogen-bond donors (Lipinski definition) is 1. The van der Waals surface area contributed by atoms with Crippen LogP contribution in [0.25, 0.3) is 11.4 Å². The van der Waals surface area contributed by atoms with Gasteiger partial charge in [0.2, 0.25) is 0 Å². The zero-order valence-corrected chi connectivity index (χ0v) is 17.8. The number of fused-ring (bicyclic) bond motifs is 1. The van der Waals surface area contributed by atoms with Crippen LogP contribution in [0.4, 0.5) is 5.69 Å². The lowest BCUT2D eigenvalue weighted by Crippen LogP contribution is -2.13. The molecule has 0 saturated heterocycles. The second kappa shape index (κ2) is 8.45. The van der Waals surface area contributed by atoms with Crippen LogP contribution in [0.1, 0.15) is 17.8 Å². The summed E-state index contributed by atoms with van der Waals surface area (Å²) in [5.41, 5.74) is 2.04. The fraction of sp³-hybridized carbons (Fsp3) is 0.333. The molecule has 3 aromatic rings. The van der Waals surface area contributed by atoms with Crippen LogP contribution in [0.3, 0.4) is 0 Å². The molecule has 0 amide bonds. The SMILES string of the molecule is COCCOc1ccc(S(=O)(=O)Nc2cccc(-c3nnc4n3CCC4)c2)cc1C. The molecular weight excluding hydrogens is 404 g/mol. The highest BCUT2D eigenvalue weighted by atomic mass is 32.2. The first-order chi connectivity index (χ1) is 14.5. The van der Waals surface area contributed by atoms with E-state index in [2.05, 4.69) is 19.5 Å². The summed E-state index contributed by atoms with van der Waals surface area (Å²) in [6, 6.07) is 12.0. The van der Waals surface area contributed by atoms with Gasteiger partial charge in [-0.15, -0.1) is 10.2 Å². The minimum Gasteiger partial charge on any atom is -0.491 e. The topological polar surface area (TPSA) is 95.3 Å². The molecule has 8 nitrogen and oxygen atoms in total. The lowest BCUT2D eigenvalue weighted by Gasteiger charge is -2.13. The van der Waals surface area contributed by atoms with Crippen molar-refractivity contribution in [1.82, 2.24) is 14.8 Å². The Kier molecular flexibility index (Phi) is 5.74. The van der Waals surface area contributed by atoms with Crippen LogP contribution in [-0.2, 0) is 27.7 Å². The standard InChI is InChI=1S/C21H24N4O4S/c1-15-13-18(8-9-19(15)29-12-11-28-2)30(26,27)24-17-6-3-5-16(14-17)21-23-22-20-7-4-10-25(20)21/h3,5-6,8-9,13-14,24H,4,7,10-12H2,1-2H3. The van der Waals surface area contributed by atoms with Crippen LogP contribution in [-0.4, -0.2) is 43.5 Å². The average molecular weight is 429 g/mol. The van der Waals surface area contributed by atoms with Crippen molar-refractivity contribution in [3.63, 3.8) is 0 Å². The first kappa shape index (κ1) is 20.4. The third-order valence-corrected chi connectivity index (χ3v) is 6.36. The Morgan fingerprint density at radius 3 is 2.80 bits per heavy atom. The normalized spacial score (nSPS) is 13.3. The minimum atomic E-state index is -3.75. The van der Waals surface area contributed by atoms with E-state index in [1.165, 1.54) is 6.07 Å². The van der Waals surface area contributed by atoms with Crippen molar-refractivity contribution in [3.8, 4) is 17.1 Å². The molecule has 0 unspecified atom stereocenters. The molecule has 0 bridgehead atoms. The summed E-state index contributed by atoms with van der Waals surface area (Å²) in [6.45, 7) is 3.56. The predicted molar refractivity (Wildman–Crippen MR) is 113 cm³/mol. The van der Waals surface area contributed by atoms with Gasteiger partial charge in [-0.05, 0) is 49.2 Å². The number of anilines is 1. The Labute approximate surface area is 175 Å². The largest absolute Gasteiger partial charge is 0.491 e. The fourth-order valence-electron chi connectivity index (χ4n) is 3.49. The lowest BCUT2D eigenvalue weighted by molar-refractivity contribution is 0.146. The number of hydrogen-bond acceptors (Lipinski definition) is 6. The van der Waals surface area contributed by atoms with E-state index in [0.717, 1.165) is 42.2 Å². The molecule has 0 fully saturated rings. The Balaban J connectivity index is 1.54. The van der Waals surface area contributed by atoms with Gasteiger partial charge in [-0.2, -0.15) is 0 Å². The maximum Gasteiger partial charge on any atom is 0.261 e. The van der Waals surface area contributed by atoms with Crippen LogP contribution in [0.2, 0.25) is 0 Å². The molecule has 0 atom stereocenters. The third kappa shape index (κ3) is 4.17. The number of aromatic nitrogens is 3. The summed E-state index contributed by atoms with van der Waals surface area (Å²) in [4.78, 5) is 0.174. The molecule has 30 heavy (non-hydrogen) atoms. The zero-order valence-electron chi connectivity index (χ0n) is 17.0. The van der Waals surface area contributed by atoms with E-state index in [-0.39, 0.29) is 4.90 Å². The quantitative estimate of drug-likeness (QED) is 0.554. The number of benzene rings is 2. The fourth-order valence-corrected chi connectivity index (χ4v) is 4.62. The number of nitrogens with zero attached hydrogens (tertiary/aromatic N) is 3. The number of ether oxygens (including phenoxy) is 2. The number of sulfonamides is 1. The van der Waals surface area contributed by atoms with E-state index in [0.29, 0.717) is 24.7 Å². The number of aryl methyl sites for hydroxylation is 2. The first-order valence-electron chi connectivity index (χ1n) is 9.75. The zero-order chi connectivity index (χ0) is 21.1. The molecule has 0 radical (unpaired) electrons. The van der Waals surface area contributed by atoms with Gasteiger partial charge < -0.3 is 14.0 Å². The molecule has 158 valence electrons. The van der Waals surface area contributed by atoms with Gasteiger partial charge in [-0.3, -0.25) is 4.72 Å². The number of nitrogens with one attached hydrogen (secondary N) is 1. The Hall–Kier alpha value is -2.91. The maximum absolute atomic E-state index is 12.9. The lowest BCUT2D eigenvalue weighted by atomic mass is 10.2. The highest BCUT2D eigenvalue weighted by Crippen LogP contribution is 2.27. The van der Waals surface area contributed by atoms with E-state index < -0.39 is 10.0 Å². The molecule has 2 heterocycles. The second-order valence-electron chi connectivity index (χ2n) is 7.15. The predicted octanol–water partition coefficient (Wildman–Crippen LogP) is 3.03. The van der Waals surface area contributed by atoms with Gasteiger partial charge in [-0.25, -0.2) is 8.42 Å². The highest BCUT2D eigenvalue weighted by Gasteiger charge is 2.20. The first-order valence-corrected chi connectivity index (χ1v) is 11.2. The monoisotopic (exact) mass is 428 g/mol. The van der Waals surface area contributed by atoms with Crippen LogP contribution >= 0.6 is 0 Å². The van der Waals surface area contributed by atoms with Crippen LogP contribution in [0.15, 0.2) is 47.4 Å². The molecule has 9 heteroatoms. The van der Waals surface area contributed by atoms with Gasteiger partial charge in [0.05, 0.1) is 11.5 Å². The van der Waals surface area contributed by atoms with Gasteiger partial charge in [0.25, 0.3) is 10.0 Å². The summed E-state index contributed by atoms with van der Waals surface area (Å²) in [5.74, 6) is 2.37. The van der Waals surface area contributed by atoms with E-state index in [4.69, 9.17) is 9.47 Å². The van der Waals surface area contributed by atoms with Crippen molar-refractivity contribution in [2.75, 3.05) is 25.0 Å². The van der Waals surface area contributed by atoms with Crippen molar-refractivity contribution in [3.05, 3.63) is 53.9 Å².